The van der Waals surface area contributed by atoms with E-state index in [-0.39, 0.29) is 5.91 Å². The molecule has 6 nitrogen and oxygen atoms in total. The predicted octanol–water partition coefficient (Wildman–Crippen LogP) is 4.75. The van der Waals surface area contributed by atoms with Crippen LogP contribution < -0.4 is 0 Å². The molecule has 1 amide bonds. The summed E-state index contributed by atoms with van der Waals surface area (Å²) in [4.78, 5) is 18.5. The molecule has 0 unspecified atom stereocenters. The second-order valence-electron chi connectivity index (χ2n) is 7.77. The third-order valence-electron chi connectivity index (χ3n) is 6.07. The number of aryl methyl sites for hydroxylation is 1. The van der Waals surface area contributed by atoms with Crippen LogP contribution in [0.1, 0.15) is 46.0 Å². The molecule has 0 atom stereocenters. The van der Waals surface area contributed by atoms with Crippen molar-refractivity contribution in [2.75, 3.05) is 13.1 Å². The van der Waals surface area contributed by atoms with Gasteiger partial charge in [0.05, 0.1) is 0 Å². The van der Waals surface area contributed by atoms with E-state index >= 15 is 0 Å². The summed E-state index contributed by atoms with van der Waals surface area (Å²) in [5, 5.41) is 11.0. The van der Waals surface area contributed by atoms with E-state index in [2.05, 4.69) is 35.4 Å². The molecular formula is C24H22N4O2. The Morgan fingerprint density at radius 3 is 2.63 bits per heavy atom. The lowest BCUT2D eigenvalue weighted by molar-refractivity contribution is 0.0711. The molecule has 1 aliphatic rings. The summed E-state index contributed by atoms with van der Waals surface area (Å²) in [5.41, 5.74) is 3.15. The molecular weight excluding hydrogens is 376 g/mol. The van der Waals surface area contributed by atoms with Crippen LogP contribution in [0.5, 0.6) is 0 Å². The molecule has 0 bridgehead atoms. The zero-order valence-corrected chi connectivity index (χ0v) is 16.8. The Hall–Kier alpha value is -3.72. The van der Waals surface area contributed by atoms with Gasteiger partial charge in [-0.3, -0.25) is 9.36 Å². The quantitative estimate of drug-likeness (QED) is 0.541. The number of nitrogens with zero attached hydrogens (tertiary/aromatic N) is 3. The normalized spacial score (nSPS) is 14.9. The zero-order valence-electron chi connectivity index (χ0n) is 16.8. The number of benzene rings is 1. The van der Waals surface area contributed by atoms with Gasteiger partial charge in [-0.1, -0.05) is 18.2 Å². The highest BCUT2D eigenvalue weighted by Crippen LogP contribution is 2.34. The maximum Gasteiger partial charge on any atom is 0.258 e. The Morgan fingerprint density at radius 2 is 1.90 bits per heavy atom. The van der Waals surface area contributed by atoms with Crippen molar-refractivity contribution in [1.82, 2.24) is 14.5 Å². The van der Waals surface area contributed by atoms with Gasteiger partial charge in [0.15, 0.2) is 0 Å². The lowest BCUT2D eigenvalue weighted by Crippen LogP contribution is -2.38. The minimum Gasteiger partial charge on any atom is -0.443 e. The monoisotopic (exact) mass is 398 g/mol. The highest BCUT2D eigenvalue weighted by molar-refractivity contribution is 5.98. The second-order valence-corrected chi connectivity index (χ2v) is 7.77. The summed E-state index contributed by atoms with van der Waals surface area (Å²) < 4.78 is 7.54. The number of nitrogens with one attached hydrogen (secondary N) is 1. The van der Waals surface area contributed by atoms with E-state index in [9.17, 15) is 10.1 Å². The second kappa shape index (κ2) is 7.27. The number of amides is 1. The molecule has 150 valence electrons. The van der Waals surface area contributed by atoms with Crippen LogP contribution in [0.15, 0.2) is 59.4 Å². The molecule has 4 aromatic rings. The van der Waals surface area contributed by atoms with Gasteiger partial charge in [0.2, 0.25) is 5.88 Å². The first-order valence-electron chi connectivity index (χ1n) is 10.2. The van der Waals surface area contributed by atoms with Crippen molar-refractivity contribution in [2.24, 2.45) is 0 Å². The van der Waals surface area contributed by atoms with Crippen LogP contribution >= 0.6 is 0 Å². The molecule has 0 spiro atoms. The van der Waals surface area contributed by atoms with Crippen LogP contribution in [-0.2, 0) is 0 Å². The lowest BCUT2D eigenvalue weighted by atomic mass is 9.89. The van der Waals surface area contributed by atoms with E-state index in [1.165, 1.54) is 10.9 Å². The zero-order chi connectivity index (χ0) is 20.7. The van der Waals surface area contributed by atoms with Crippen LogP contribution in [-0.4, -0.2) is 33.4 Å². The van der Waals surface area contributed by atoms with Gasteiger partial charge < -0.3 is 14.3 Å². The molecule has 1 aromatic carbocycles. The van der Waals surface area contributed by atoms with Crippen molar-refractivity contribution in [2.45, 2.75) is 25.7 Å². The molecule has 1 fully saturated rings. The number of likely N-dealkylation sites (tertiary alicyclic amines) is 1. The van der Waals surface area contributed by atoms with E-state index in [1.54, 1.807) is 23.9 Å². The molecule has 5 rings (SSSR count). The fourth-order valence-electron chi connectivity index (χ4n) is 4.53. The minimum atomic E-state index is -0.122. The van der Waals surface area contributed by atoms with E-state index in [0.29, 0.717) is 41.8 Å². The minimum absolute atomic E-state index is 0.122. The first kappa shape index (κ1) is 18.3. The SMILES string of the molecule is Cc1oc(-n2cccc2)c(C#N)c1C(=O)N1CCC(c2c[nH]c3ccccc23)CC1. The first-order chi connectivity index (χ1) is 14.7. The Bertz CT molecular complexity index is 1250. The van der Waals surface area contributed by atoms with Gasteiger partial charge in [-0.2, -0.15) is 5.26 Å². The smallest absolute Gasteiger partial charge is 0.258 e. The van der Waals surface area contributed by atoms with Crippen LogP contribution in [0.3, 0.4) is 0 Å². The summed E-state index contributed by atoms with van der Waals surface area (Å²) in [6, 6.07) is 14.2. The Morgan fingerprint density at radius 1 is 1.17 bits per heavy atom. The number of carbonyl (C=O) groups is 1. The Labute approximate surface area is 174 Å². The summed E-state index contributed by atoms with van der Waals surface area (Å²) in [5.74, 6) is 1.18. The molecule has 0 aliphatic carbocycles. The molecule has 0 saturated carbocycles. The van der Waals surface area contributed by atoms with E-state index in [4.69, 9.17) is 4.42 Å². The number of aromatic nitrogens is 2. The van der Waals surface area contributed by atoms with E-state index in [0.717, 1.165) is 18.4 Å². The van der Waals surface area contributed by atoms with Crippen molar-refractivity contribution in [3.63, 3.8) is 0 Å². The highest BCUT2D eigenvalue weighted by Gasteiger charge is 2.31. The number of nitriles is 1. The van der Waals surface area contributed by atoms with Crippen LogP contribution in [0.4, 0.5) is 0 Å². The summed E-state index contributed by atoms with van der Waals surface area (Å²) in [6.07, 6.45) is 7.51. The highest BCUT2D eigenvalue weighted by atomic mass is 16.4. The molecule has 4 heterocycles. The fraction of sp³-hybridized carbons (Fsp3) is 0.250. The average Bonchev–Trinajstić information content (AvgIpc) is 3.51. The molecule has 0 radical (unpaired) electrons. The van der Waals surface area contributed by atoms with Gasteiger partial charge in [-0.25, -0.2) is 0 Å². The molecule has 1 N–H and O–H groups in total. The van der Waals surface area contributed by atoms with Crippen molar-refractivity contribution < 1.29 is 9.21 Å². The number of carbonyl (C=O) groups excluding carboxylic acids is 1. The topological polar surface area (TPSA) is 78.0 Å². The van der Waals surface area contributed by atoms with Gasteiger partial charge in [0.25, 0.3) is 5.91 Å². The number of hydrogen-bond donors (Lipinski definition) is 1. The maximum absolute atomic E-state index is 13.3. The number of H-pyrrole nitrogens is 1. The number of piperidine rings is 1. The van der Waals surface area contributed by atoms with Gasteiger partial charge >= 0.3 is 0 Å². The summed E-state index contributed by atoms with van der Waals surface area (Å²) in [6.45, 7) is 3.08. The number of fused-ring (bicyclic) bond motifs is 1. The number of para-hydroxylation sites is 1. The standard InChI is InChI=1S/C24H22N4O2/c1-16-22(19(14-25)24(30-16)28-10-4-5-11-28)23(29)27-12-8-17(9-13-27)20-15-26-21-7-3-2-6-18(20)21/h2-7,10-11,15,17,26H,8-9,12-13H2,1H3. The molecule has 30 heavy (non-hydrogen) atoms. The van der Waals surface area contributed by atoms with Crippen molar-refractivity contribution in [3.8, 4) is 12.0 Å². The molecule has 6 heteroatoms. The Kier molecular flexibility index (Phi) is 4.44. The predicted molar refractivity (Wildman–Crippen MR) is 114 cm³/mol. The van der Waals surface area contributed by atoms with E-state index in [1.807, 2.05) is 23.1 Å². The van der Waals surface area contributed by atoms with Crippen LogP contribution in [0, 0.1) is 18.3 Å². The number of aromatic amines is 1. The maximum atomic E-state index is 13.3. The first-order valence-corrected chi connectivity index (χ1v) is 10.2. The molecule has 3 aromatic heterocycles. The third-order valence-corrected chi connectivity index (χ3v) is 6.07. The van der Waals surface area contributed by atoms with Gasteiger partial charge in [0, 0.05) is 42.6 Å². The third kappa shape index (κ3) is 2.91. The number of hydrogen-bond acceptors (Lipinski definition) is 3. The lowest BCUT2D eigenvalue weighted by Gasteiger charge is -2.32. The average molecular weight is 398 g/mol. The Balaban J connectivity index is 1.37. The molecule has 1 aliphatic heterocycles. The molecule has 1 saturated heterocycles. The van der Waals surface area contributed by atoms with Crippen molar-refractivity contribution in [1.29, 1.82) is 5.26 Å². The van der Waals surface area contributed by atoms with Crippen LogP contribution in [0.2, 0.25) is 0 Å². The van der Waals surface area contributed by atoms with Gasteiger partial charge in [-0.15, -0.1) is 0 Å². The largest absolute Gasteiger partial charge is 0.443 e. The van der Waals surface area contributed by atoms with Crippen molar-refractivity contribution >= 4 is 16.8 Å². The number of furan rings is 1. The van der Waals surface area contributed by atoms with Crippen molar-refractivity contribution in [3.05, 3.63) is 77.4 Å². The summed E-state index contributed by atoms with van der Waals surface area (Å²) in [7, 11) is 0. The summed E-state index contributed by atoms with van der Waals surface area (Å²) >= 11 is 0. The fourth-order valence-corrected chi connectivity index (χ4v) is 4.53. The van der Waals surface area contributed by atoms with Gasteiger partial charge in [0.1, 0.15) is 23.0 Å². The van der Waals surface area contributed by atoms with Crippen LogP contribution in [0.25, 0.3) is 16.8 Å². The van der Waals surface area contributed by atoms with E-state index < -0.39 is 0 Å². The number of rotatable bonds is 3. The van der Waals surface area contributed by atoms with Gasteiger partial charge in [-0.05, 0) is 49.4 Å².